The smallest absolute Gasteiger partial charge is 0.0477 e. The first-order valence-electron chi connectivity index (χ1n) is 5.12. The van der Waals surface area contributed by atoms with Crippen LogP contribution in [-0.4, -0.2) is 51.3 Å². The van der Waals surface area contributed by atoms with E-state index in [1.807, 2.05) is 6.92 Å². The highest BCUT2D eigenvalue weighted by Gasteiger charge is 2.00. The van der Waals surface area contributed by atoms with Crippen molar-refractivity contribution in [2.24, 2.45) is 0 Å². The van der Waals surface area contributed by atoms with E-state index < -0.39 is 0 Å². The molecule has 0 radical (unpaired) electrons. The molecule has 0 saturated carbocycles. The molecule has 0 aliphatic heterocycles. The van der Waals surface area contributed by atoms with Crippen LogP contribution in [0.15, 0.2) is 0 Å². The molecular weight excluding hydrogens is 164 g/mol. The third kappa shape index (κ3) is 9.80. The monoisotopic (exact) mass is 188 g/mol. The molecule has 0 saturated heterocycles. The van der Waals surface area contributed by atoms with Gasteiger partial charge in [-0.25, -0.2) is 0 Å². The minimum absolute atomic E-state index is 0.566. The second-order valence-electron chi connectivity index (χ2n) is 3.67. The number of rotatable bonds is 8. The molecular formula is C10H24N2O. The third-order valence-electron chi connectivity index (χ3n) is 1.80. The lowest BCUT2D eigenvalue weighted by atomic mass is 10.3. The molecule has 0 spiro atoms. The molecule has 0 heterocycles. The molecule has 1 unspecified atom stereocenters. The van der Waals surface area contributed by atoms with Crippen LogP contribution in [0.25, 0.3) is 0 Å². The molecule has 0 fully saturated rings. The zero-order chi connectivity index (χ0) is 10.1. The summed E-state index contributed by atoms with van der Waals surface area (Å²) < 4.78 is 5.25. The van der Waals surface area contributed by atoms with Crippen molar-refractivity contribution in [2.45, 2.75) is 26.3 Å². The minimum atomic E-state index is 0.566. The molecule has 0 aromatic rings. The van der Waals surface area contributed by atoms with Gasteiger partial charge in [-0.2, -0.15) is 0 Å². The van der Waals surface area contributed by atoms with Crippen LogP contribution in [0.2, 0.25) is 0 Å². The van der Waals surface area contributed by atoms with Crippen molar-refractivity contribution in [1.82, 2.24) is 10.2 Å². The normalized spacial score (nSPS) is 13.6. The molecule has 13 heavy (non-hydrogen) atoms. The van der Waals surface area contributed by atoms with Crippen LogP contribution in [0.5, 0.6) is 0 Å². The van der Waals surface area contributed by atoms with Crippen LogP contribution in [0, 0.1) is 0 Å². The second-order valence-corrected chi connectivity index (χ2v) is 3.67. The van der Waals surface area contributed by atoms with Crippen molar-refractivity contribution in [2.75, 3.05) is 40.4 Å². The fourth-order valence-electron chi connectivity index (χ4n) is 1.28. The van der Waals surface area contributed by atoms with Gasteiger partial charge in [-0.15, -0.1) is 0 Å². The summed E-state index contributed by atoms with van der Waals surface area (Å²) in [6.07, 6.45) is 1.10. The highest BCUT2D eigenvalue weighted by Crippen LogP contribution is 1.86. The van der Waals surface area contributed by atoms with E-state index >= 15 is 0 Å². The molecule has 80 valence electrons. The number of ether oxygens (including phenoxy) is 1. The fraction of sp³-hybridized carbons (Fsp3) is 1.00. The highest BCUT2D eigenvalue weighted by atomic mass is 16.5. The van der Waals surface area contributed by atoms with Gasteiger partial charge < -0.3 is 15.0 Å². The van der Waals surface area contributed by atoms with E-state index in [1.54, 1.807) is 0 Å². The van der Waals surface area contributed by atoms with Crippen LogP contribution in [-0.2, 0) is 4.74 Å². The lowest BCUT2D eigenvalue weighted by Gasteiger charge is -2.18. The van der Waals surface area contributed by atoms with Crippen LogP contribution in [0.1, 0.15) is 20.3 Å². The summed E-state index contributed by atoms with van der Waals surface area (Å²) in [4.78, 5) is 2.19. The molecule has 1 atom stereocenters. The molecule has 0 bridgehead atoms. The Hall–Kier alpha value is -0.120. The predicted molar refractivity (Wildman–Crippen MR) is 57.1 cm³/mol. The summed E-state index contributed by atoms with van der Waals surface area (Å²) in [5.74, 6) is 0. The van der Waals surface area contributed by atoms with Crippen molar-refractivity contribution in [1.29, 1.82) is 0 Å². The van der Waals surface area contributed by atoms with E-state index in [0.717, 1.165) is 32.7 Å². The Kier molecular flexibility index (Phi) is 8.40. The van der Waals surface area contributed by atoms with Gasteiger partial charge in [0.2, 0.25) is 0 Å². The lowest BCUT2D eigenvalue weighted by molar-refractivity contribution is 0.144. The molecule has 1 N–H and O–H groups in total. The van der Waals surface area contributed by atoms with Gasteiger partial charge in [0.05, 0.1) is 0 Å². The van der Waals surface area contributed by atoms with E-state index in [1.165, 1.54) is 0 Å². The average molecular weight is 188 g/mol. The Bertz CT molecular complexity index is 107. The SMILES string of the molecule is CCOCCCNC(C)CN(C)C. The maximum absolute atomic E-state index is 5.25. The zero-order valence-corrected chi connectivity index (χ0v) is 9.47. The number of nitrogens with one attached hydrogen (secondary N) is 1. The summed E-state index contributed by atoms with van der Waals surface area (Å²) in [5, 5.41) is 3.45. The fourth-order valence-corrected chi connectivity index (χ4v) is 1.28. The molecule has 0 amide bonds. The van der Waals surface area contributed by atoms with Gasteiger partial charge in [0.25, 0.3) is 0 Å². The largest absolute Gasteiger partial charge is 0.382 e. The quantitative estimate of drug-likeness (QED) is 0.574. The van der Waals surface area contributed by atoms with Gasteiger partial charge in [0, 0.05) is 25.8 Å². The maximum atomic E-state index is 5.25. The average Bonchev–Trinajstić information content (AvgIpc) is 2.02. The van der Waals surface area contributed by atoms with Crippen molar-refractivity contribution in [3.8, 4) is 0 Å². The van der Waals surface area contributed by atoms with Crippen LogP contribution in [0.4, 0.5) is 0 Å². The van der Waals surface area contributed by atoms with Gasteiger partial charge >= 0.3 is 0 Å². The Morgan fingerprint density at radius 1 is 1.38 bits per heavy atom. The Morgan fingerprint density at radius 2 is 2.08 bits per heavy atom. The summed E-state index contributed by atoms with van der Waals surface area (Å²) >= 11 is 0. The molecule has 0 aromatic heterocycles. The Morgan fingerprint density at radius 3 is 2.62 bits per heavy atom. The summed E-state index contributed by atoms with van der Waals surface area (Å²) in [5.41, 5.74) is 0. The summed E-state index contributed by atoms with van der Waals surface area (Å²) in [7, 11) is 4.19. The second kappa shape index (κ2) is 8.48. The van der Waals surface area contributed by atoms with E-state index in [0.29, 0.717) is 6.04 Å². The molecule has 3 heteroatoms. The molecule has 3 nitrogen and oxygen atoms in total. The predicted octanol–water partition coefficient (Wildman–Crippen LogP) is 0.953. The highest BCUT2D eigenvalue weighted by molar-refractivity contribution is 4.62. The van der Waals surface area contributed by atoms with Crippen molar-refractivity contribution < 1.29 is 4.74 Å². The standard InChI is InChI=1S/C10H24N2O/c1-5-13-8-6-7-11-10(2)9-12(3)4/h10-11H,5-9H2,1-4H3. The van der Waals surface area contributed by atoms with E-state index in [2.05, 4.69) is 31.2 Å². The minimum Gasteiger partial charge on any atom is -0.382 e. The van der Waals surface area contributed by atoms with Gasteiger partial charge in [0.15, 0.2) is 0 Å². The lowest BCUT2D eigenvalue weighted by Crippen LogP contribution is -2.36. The first kappa shape index (κ1) is 12.9. The first-order valence-corrected chi connectivity index (χ1v) is 5.12. The number of likely N-dealkylation sites (N-methyl/N-ethyl adjacent to an activating group) is 1. The van der Waals surface area contributed by atoms with Gasteiger partial charge in [-0.3, -0.25) is 0 Å². The van der Waals surface area contributed by atoms with Crippen molar-refractivity contribution in [3.63, 3.8) is 0 Å². The van der Waals surface area contributed by atoms with Gasteiger partial charge in [-0.05, 0) is 40.9 Å². The van der Waals surface area contributed by atoms with E-state index in [-0.39, 0.29) is 0 Å². The maximum Gasteiger partial charge on any atom is 0.0477 e. The van der Waals surface area contributed by atoms with Crippen LogP contribution >= 0.6 is 0 Å². The molecule has 0 aromatic carbocycles. The Labute approximate surface area is 82.4 Å². The van der Waals surface area contributed by atoms with E-state index in [4.69, 9.17) is 4.74 Å². The summed E-state index contributed by atoms with van der Waals surface area (Å²) in [6, 6.07) is 0.566. The Balaban J connectivity index is 3.12. The molecule has 0 aliphatic carbocycles. The number of hydrogen-bond acceptors (Lipinski definition) is 3. The number of nitrogens with zero attached hydrogens (tertiary/aromatic N) is 1. The van der Waals surface area contributed by atoms with Crippen LogP contribution in [0.3, 0.4) is 0 Å². The zero-order valence-electron chi connectivity index (χ0n) is 9.47. The van der Waals surface area contributed by atoms with E-state index in [9.17, 15) is 0 Å². The topological polar surface area (TPSA) is 24.5 Å². The molecule has 0 aliphatic rings. The number of hydrogen-bond donors (Lipinski definition) is 1. The van der Waals surface area contributed by atoms with Crippen LogP contribution < -0.4 is 5.32 Å². The molecule has 0 rings (SSSR count). The van der Waals surface area contributed by atoms with Gasteiger partial charge in [0.1, 0.15) is 0 Å². The summed E-state index contributed by atoms with van der Waals surface area (Å²) in [6.45, 7) is 8.08. The first-order chi connectivity index (χ1) is 6.16. The third-order valence-corrected chi connectivity index (χ3v) is 1.80. The van der Waals surface area contributed by atoms with Gasteiger partial charge in [-0.1, -0.05) is 0 Å². The van der Waals surface area contributed by atoms with Crippen molar-refractivity contribution >= 4 is 0 Å². The van der Waals surface area contributed by atoms with Crippen molar-refractivity contribution in [3.05, 3.63) is 0 Å².